The third-order valence-electron chi connectivity index (χ3n) is 3.83. The lowest BCUT2D eigenvalue weighted by molar-refractivity contribution is 0.700. The highest BCUT2D eigenvalue weighted by Gasteiger charge is 2.11. The van der Waals surface area contributed by atoms with E-state index in [0.717, 1.165) is 40.2 Å². The van der Waals surface area contributed by atoms with Gasteiger partial charge in [-0.15, -0.1) is 10.2 Å². The summed E-state index contributed by atoms with van der Waals surface area (Å²) in [5.41, 5.74) is 3.48. The van der Waals surface area contributed by atoms with E-state index in [4.69, 9.17) is 11.6 Å². The van der Waals surface area contributed by atoms with E-state index in [2.05, 4.69) is 53.4 Å². The topological polar surface area (TPSA) is 43.1 Å². The Bertz CT molecular complexity index is 870. The smallest absolute Gasteiger partial charge is 0.191 e. The molecule has 0 saturated carbocycles. The van der Waals surface area contributed by atoms with Gasteiger partial charge in [0.15, 0.2) is 5.82 Å². The van der Waals surface area contributed by atoms with E-state index < -0.39 is 0 Å². The van der Waals surface area contributed by atoms with Gasteiger partial charge in [0.25, 0.3) is 0 Å². The van der Waals surface area contributed by atoms with Gasteiger partial charge in [0, 0.05) is 17.2 Å². The maximum atomic E-state index is 5.95. The van der Waals surface area contributed by atoms with Crippen molar-refractivity contribution in [3.8, 4) is 0 Å². The number of hydrogen-bond acceptors (Lipinski definition) is 4. The molecule has 0 aliphatic heterocycles. The zero-order chi connectivity index (χ0) is 18.4. The van der Waals surface area contributed by atoms with Gasteiger partial charge in [-0.2, -0.15) is 9.78 Å². The average molecular weight is 385 g/mol. The van der Waals surface area contributed by atoms with Crippen molar-refractivity contribution in [3.05, 3.63) is 76.1 Å². The number of rotatable bonds is 7. The van der Waals surface area contributed by atoms with Gasteiger partial charge < -0.3 is 0 Å². The van der Waals surface area contributed by atoms with Crippen LogP contribution in [0.1, 0.15) is 35.9 Å². The van der Waals surface area contributed by atoms with Gasteiger partial charge >= 0.3 is 0 Å². The van der Waals surface area contributed by atoms with Crippen molar-refractivity contribution < 1.29 is 0 Å². The van der Waals surface area contributed by atoms with Gasteiger partial charge in [-0.1, -0.05) is 72.2 Å². The Kier molecular flexibility index (Phi) is 6.47. The number of hydrogen-bond donors (Lipinski definition) is 0. The van der Waals surface area contributed by atoms with Crippen LogP contribution in [0.3, 0.4) is 0 Å². The number of nitrogens with zero attached hydrogens (tertiary/aromatic N) is 4. The first-order valence-electron chi connectivity index (χ1n) is 8.58. The van der Waals surface area contributed by atoms with Crippen LogP contribution in [0, 0.1) is 6.92 Å². The molecule has 3 rings (SSSR count). The lowest BCUT2D eigenvalue weighted by Crippen LogP contribution is -2.00. The van der Waals surface area contributed by atoms with Crippen LogP contribution < -0.4 is 0 Å². The number of aromatic nitrogens is 3. The molecule has 0 aliphatic carbocycles. The van der Waals surface area contributed by atoms with Gasteiger partial charge in [0.2, 0.25) is 5.16 Å². The lowest BCUT2D eigenvalue weighted by atomic mass is 10.2. The van der Waals surface area contributed by atoms with E-state index in [1.807, 2.05) is 35.2 Å². The summed E-state index contributed by atoms with van der Waals surface area (Å²) >= 11 is 7.57. The molecule has 4 nitrogen and oxygen atoms in total. The predicted molar refractivity (Wildman–Crippen MR) is 109 cm³/mol. The molecule has 3 aromatic rings. The summed E-state index contributed by atoms with van der Waals surface area (Å²) in [7, 11) is 0. The lowest BCUT2D eigenvalue weighted by Gasteiger charge is -2.04. The highest BCUT2D eigenvalue weighted by atomic mass is 35.5. The summed E-state index contributed by atoms with van der Waals surface area (Å²) in [6, 6.07) is 16.1. The second-order valence-corrected chi connectivity index (χ2v) is 7.41. The molecule has 1 aromatic heterocycles. The Morgan fingerprint density at radius 3 is 2.50 bits per heavy atom. The summed E-state index contributed by atoms with van der Waals surface area (Å²) in [6.07, 6.45) is 3.70. The molecule has 0 atom stereocenters. The molecular weight excluding hydrogens is 364 g/mol. The molecule has 0 unspecified atom stereocenters. The van der Waals surface area contributed by atoms with Crippen molar-refractivity contribution in [1.82, 2.24) is 14.9 Å². The molecule has 0 fully saturated rings. The Morgan fingerprint density at radius 1 is 1.08 bits per heavy atom. The van der Waals surface area contributed by atoms with Crippen molar-refractivity contribution in [1.29, 1.82) is 0 Å². The second kappa shape index (κ2) is 9.01. The maximum absolute atomic E-state index is 5.95. The molecule has 0 bridgehead atoms. The Morgan fingerprint density at radius 2 is 1.81 bits per heavy atom. The molecule has 26 heavy (non-hydrogen) atoms. The Hall–Kier alpha value is -2.11. The van der Waals surface area contributed by atoms with Gasteiger partial charge in [0.1, 0.15) is 0 Å². The summed E-state index contributed by atoms with van der Waals surface area (Å²) in [5.74, 6) is 1.68. The van der Waals surface area contributed by atoms with Crippen LogP contribution in [-0.2, 0) is 12.2 Å². The largest absolute Gasteiger partial charge is 0.212 e. The third-order valence-corrected chi connectivity index (χ3v) is 5.07. The SMILES string of the molecule is CCCc1nnc(SCc2ccc(Cl)cc2)n1/N=C/c1ccc(C)cc1. The van der Waals surface area contributed by atoms with Crippen LogP contribution in [0.5, 0.6) is 0 Å². The van der Waals surface area contributed by atoms with Crippen molar-refractivity contribution in [2.45, 2.75) is 37.6 Å². The van der Waals surface area contributed by atoms with Crippen molar-refractivity contribution in [2.24, 2.45) is 5.10 Å². The quantitative estimate of drug-likeness (QED) is 0.406. The van der Waals surface area contributed by atoms with Crippen molar-refractivity contribution >= 4 is 29.6 Å². The third kappa shape index (κ3) is 4.96. The number of halogens is 1. The van der Waals surface area contributed by atoms with E-state index in [1.165, 1.54) is 11.1 Å². The molecule has 0 radical (unpaired) electrons. The van der Waals surface area contributed by atoms with Crippen molar-refractivity contribution in [3.63, 3.8) is 0 Å². The molecule has 1 heterocycles. The zero-order valence-corrected chi connectivity index (χ0v) is 16.5. The Labute approximate surface area is 163 Å². The average Bonchev–Trinajstić information content (AvgIpc) is 3.03. The molecule has 0 aliphatic rings. The normalized spacial score (nSPS) is 11.3. The van der Waals surface area contributed by atoms with Gasteiger partial charge in [-0.05, 0) is 36.6 Å². The van der Waals surface area contributed by atoms with Gasteiger partial charge in [-0.25, -0.2) is 0 Å². The first-order chi connectivity index (χ1) is 12.7. The van der Waals surface area contributed by atoms with Crippen LogP contribution in [0.25, 0.3) is 0 Å². The van der Waals surface area contributed by atoms with Crippen LogP contribution >= 0.6 is 23.4 Å². The minimum Gasteiger partial charge on any atom is -0.191 e. The summed E-state index contributed by atoms with van der Waals surface area (Å²) in [5, 5.41) is 14.8. The molecular formula is C20H21ClN4S. The number of benzene rings is 2. The fourth-order valence-electron chi connectivity index (χ4n) is 2.39. The van der Waals surface area contributed by atoms with Crippen molar-refractivity contribution in [2.75, 3.05) is 0 Å². The summed E-state index contributed by atoms with van der Waals surface area (Å²) < 4.78 is 1.85. The van der Waals surface area contributed by atoms with E-state index in [-0.39, 0.29) is 0 Å². The fourth-order valence-corrected chi connectivity index (χ4v) is 3.37. The number of aryl methyl sites for hydroxylation is 2. The minimum absolute atomic E-state index is 0.745. The van der Waals surface area contributed by atoms with Gasteiger partial charge in [0.05, 0.1) is 6.21 Å². The van der Waals surface area contributed by atoms with E-state index >= 15 is 0 Å². The molecule has 6 heteroatoms. The standard InChI is InChI=1S/C20H21ClN4S/c1-3-4-19-23-24-20(26-14-17-9-11-18(21)12-10-17)25(19)22-13-16-7-5-15(2)6-8-16/h5-13H,3-4,14H2,1-2H3/b22-13+. The zero-order valence-electron chi connectivity index (χ0n) is 14.9. The fraction of sp³-hybridized carbons (Fsp3) is 0.250. The summed E-state index contributed by atoms with van der Waals surface area (Å²) in [4.78, 5) is 0. The first-order valence-corrected chi connectivity index (χ1v) is 9.94. The van der Waals surface area contributed by atoms with Crippen LogP contribution in [0.2, 0.25) is 5.02 Å². The van der Waals surface area contributed by atoms with Gasteiger partial charge in [-0.3, -0.25) is 0 Å². The molecule has 134 valence electrons. The highest BCUT2D eigenvalue weighted by molar-refractivity contribution is 7.98. The predicted octanol–water partition coefficient (Wildman–Crippen LogP) is 5.37. The van der Waals surface area contributed by atoms with E-state index in [1.54, 1.807) is 11.8 Å². The molecule has 2 aromatic carbocycles. The second-order valence-electron chi connectivity index (χ2n) is 6.03. The maximum Gasteiger partial charge on any atom is 0.212 e. The Balaban J connectivity index is 1.79. The molecule has 0 saturated heterocycles. The molecule has 0 amide bonds. The minimum atomic E-state index is 0.745. The first kappa shape index (κ1) is 18.7. The molecule has 0 N–H and O–H groups in total. The van der Waals surface area contributed by atoms with E-state index in [9.17, 15) is 0 Å². The monoisotopic (exact) mass is 384 g/mol. The van der Waals surface area contributed by atoms with Crippen LogP contribution in [0.4, 0.5) is 0 Å². The number of thioether (sulfide) groups is 1. The molecule has 0 spiro atoms. The van der Waals surface area contributed by atoms with Crippen LogP contribution in [0.15, 0.2) is 58.8 Å². The van der Waals surface area contributed by atoms with E-state index in [0.29, 0.717) is 0 Å². The summed E-state index contributed by atoms with van der Waals surface area (Å²) in [6.45, 7) is 4.20. The highest BCUT2D eigenvalue weighted by Crippen LogP contribution is 2.23. The van der Waals surface area contributed by atoms with Crippen LogP contribution in [-0.4, -0.2) is 21.1 Å².